The van der Waals surface area contributed by atoms with Gasteiger partial charge in [0.1, 0.15) is 6.54 Å². The first kappa shape index (κ1) is 22.6. The van der Waals surface area contributed by atoms with Gasteiger partial charge in [-0.1, -0.05) is 19.1 Å². The third-order valence-corrected chi connectivity index (χ3v) is 4.32. The van der Waals surface area contributed by atoms with E-state index in [2.05, 4.69) is 5.32 Å². The van der Waals surface area contributed by atoms with Crippen LogP contribution in [-0.4, -0.2) is 58.6 Å². The summed E-state index contributed by atoms with van der Waals surface area (Å²) >= 11 is 0. The second-order valence-electron chi connectivity index (χ2n) is 6.48. The Morgan fingerprint density at radius 2 is 1.67 bits per heavy atom. The van der Waals surface area contributed by atoms with Crippen molar-refractivity contribution in [2.45, 2.75) is 39.5 Å². The molecule has 1 aromatic carbocycles. The lowest BCUT2D eigenvalue weighted by atomic mass is 10.1. The molecule has 1 aliphatic heterocycles. The molecule has 0 aliphatic carbocycles. The largest absolute Gasteiger partial charge is 0.477 e. The number of imide groups is 1. The molecule has 0 saturated heterocycles. The van der Waals surface area contributed by atoms with Gasteiger partial charge in [0.25, 0.3) is 11.8 Å². The van der Waals surface area contributed by atoms with Gasteiger partial charge in [0.05, 0.1) is 17.2 Å². The molecule has 2 amide bonds. The Labute approximate surface area is 172 Å². The van der Waals surface area contributed by atoms with E-state index >= 15 is 0 Å². The number of amides is 2. The van der Waals surface area contributed by atoms with Gasteiger partial charge in [-0.3, -0.25) is 14.4 Å². The molecule has 0 bridgehead atoms. The zero-order chi connectivity index (χ0) is 22.4. The summed E-state index contributed by atoms with van der Waals surface area (Å²) in [5.41, 5.74) is -0.244. The van der Waals surface area contributed by atoms with Gasteiger partial charge >= 0.3 is 17.9 Å². The predicted octanol–water partition coefficient (Wildman–Crippen LogP) is 1.07. The van der Waals surface area contributed by atoms with E-state index in [1.165, 1.54) is 19.1 Å². The van der Waals surface area contributed by atoms with Crippen molar-refractivity contribution < 1.29 is 38.6 Å². The van der Waals surface area contributed by atoms with E-state index in [1.54, 1.807) is 26.0 Å². The quantitative estimate of drug-likeness (QED) is 0.198. The number of hydrogen-bond acceptors (Lipinski definition) is 8. The van der Waals surface area contributed by atoms with Crippen LogP contribution >= 0.6 is 0 Å². The average molecular weight is 418 g/mol. The maximum absolute atomic E-state index is 12.4. The molecule has 2 N–H and O–H groups in total. The third kappa shape index (κ3) is 5.02. The number of nitrogens with one attached hydrogen (secondary N) is 1. The lowest BCUT2D eigenvalue weighted by molar-refractivity contribution is -0.152. The molecule has 0 saturated carbocycles. The van der Waals surface area contributed by atoms with Crippen LogP contribution in [0, 0.1) is 0 Å². The minimum Gasteiger partial charge on any atom is -0.477 e. The maximum atomic E-state index is 12.4. The van der Waals surface area contributed by atoms with E-state index in [1.807, 2.05) is 0 Å². The Morgan fingerprint density at radius 1 is 1.10 bits per heavy atom. The molecule has 0 radical (unpaired) electrons. The normalized spacial score (nSPS) is 15.3. The molecule has 2 rings (SSSR count). The molecule has 1 heterocycles. The summed E-state index contributed by atoms with van der Waals surface area (Å²) in [7, 11) is 0. The standard InChI is InChI=1S/C20H22N2O8/c1-4-11(2)29-20(28)15(19(26)27)9-21-10-16(23)30-12(3)22-17(24)13-7-5-6-8-14(13)18(22)25/h5-9,11-12,21H,4,10H2,1-3H3,(H,26,27). The number of fused-ring (bicyclic) bond motifs is 1. The molecule has 2 atom stereocenters. The summed E-state index contributed by atoms with van der Waals surface area (Å²) in [5, 5.41) is 11.5. The second kappa shape index (κ2) is 9.68. The van der Waals surface area contributed by atoms with Crippen molar-refractivity contribution >= 4 is 29.7 Å². The van der Waals surface area contributed by atoms with E-state index < -0.39 is 54.2 Å². The molecule has 1 aromatic rings. The zero-order valence-electron chi connectivity index (χ0n) is 16.7. The van der Waals surface area contributed by atoms with Gasteiger partial charge in [-0.25, -0.2) is 14.5 Å². The van der Waals surface area contributed by atoms with Gasteiger partial charge in [0.2, 0.25) is 0 Å². The highest BCUT2D eigenvalue weighted by Gasteiger charge is 2.39. The lowest BCUT2D eigenvalue weighted by Crippen LogP contribution is -2.42. The van der Waals surface area contributed by atoms with Crippen molar-refractivity contribution in [1.82, 2.24) is 10.2 Å². The topological polar surface area (TPSA) is 139 Å². The Morgan fingerprint density at radius 3 is 2.17 bits per heavy atom. The van der Waals surface area contributed by atoms with Crippen molar-refractivity contribution in [3.63, 3.8) is 0 Å². The maximum Gasteiger partial charge on any atom is 0.347 e. The zero-order valence-corrected chi connectivity index (χ0v) is 16.7. The van der Waals surface area contributed by atoms with Crippen LogP contribution < -0.4 is 5.32 Å². The number of carbonyl (C=O) groups excluding carboxylic acids is 4. The van der Waals surface area contributed by atoms with Crippen LogP contribution in [0.3, 0.4) is 0 Å². The van der Waals surface area contributed by atoms with Crippen molar-refractivity contribution in [1.29, 1.82) is 0 Å². The molecule has 10 heteroatoms. The summed E-state index contributed by atoms with van der Waals surface area (Å²) < 4.78 is 10.0. The van der Waals surface area contributed by atoms with E-state index in [0.717, 1.165) is 11.1 Å². The number of nitrogens with zero attached hydrogens (tertiary/aromatic N) is 1. The van der Waals surface area contributed by atoms with Gasteiger partial charge in [-0.2, -0.15) is 0 Å². The van der Waals surface area contributed by atoms with Crippen molar-refractivity contribution in [2.75, 3.05) is 6.54 Å². The van der Waals surface area contributed by atoms with Crippen molar-refractivity contribution in [2.24, 2.45) is 0 Å². The molecule has 0 spiro atoms. The molecule has 0 aromatic heterocycles. The minimum atomic E-state index is -1.52. The first-order chi connectivity index (χ1) is 14.2. The third-order valence-electron chi connectivity index (χ3n) is 4.32. The van der Waals surface area contributed by atoms with Crippen LogP contribution in [0.1, 0.15) is 47.9 Å². The fourth-order valence-electron chi connectivity index (χ4n) is 2.60. The van der Waals surface area contributed by atoms with E-state index in [-0.39, 0.29) is 11.1 Å². The molecule has 30 heavy (non-hydrogen) atoms. The Hall–Kier alpha value is -3.69. The number of hydrogen-bond donors (Lipinski definition) is 2. The van der Waals surface area contributed by atoms with E-state index in [9.17, 15) is 24.0 Å². The minimum absolute atomic E-state index is 0.220. The highest BCUT2D eigenvalue weighted by Crippen LogP contribution is 2.24. The number of carboxylic acids is 1. The van der Waals surface area contributed by atoms with Crippen molar-refractivity contribution in [3.8, 4) is 0 Å². The highest BCUT2D eigenvalue weighted by atomic mass is 16.6. The monoisotopic (exact) mass is 418 g/mol. The smallest absolute Gasteiger partial charge is 0.347 e. The predicted molar refractivity (Wildman–Crippen MR) is 102 cm³/mol. The first-order valence-electron chi connectivity index (χ1n) is 9.21. The lowest BCUT2D eigenvalue weighted by Gasteiger charge is -2.22. The number of carbonyl (C=O) groups is 5. The number of benzene rings is 1. The Bertz CT molecular complexity index is 873. The fraction of sp³-hybridized carbons (Fsp3) is 0.350. The second-order valence-corrected chi connectivity index (χ2v) is 6.48. The van der Waals surface area contributed by atoms with E-state index in [0.29, 0.717) is 6.42 Å². The van der Waals surface area contributed by atoms with Gasteiger partial charge in [-0.05, 0) is 32.4 Å². The van der Waals surface area contributed by atoms with Crippen LogP contribution in [-0.2, 0) is 23.9 Å². The van der Waals surface area contributed by atoms with Crippen LogP contribution in [0.5, 0.6) is 0 Å². The first-order valence-corrected chi connectivity index (χ1v) is 9.21. The number of aliphatic carboxylic acids is 1. The summed E-state index contributed by atoms with van der Waals surface area (Å²) in [6.45, 7) is 4.25. The average Bonchev–Trinajstić information content (AvgIpc) is 2.95. The molecule has 160 valence electrons. The summed E-state index contributed by atoms with van der Waals surface area (Å²) in [6.07, 6.45) is -0.301. The molecule has 1 aliphatic rings. The molecular weight excluding hydrogens is 396 g/mol. The van der Waals surface area contributed by atoms with Crippen LogP contribution in [0.4, 0.5) is 0 Å². The van der Waals surface area contributed by atoms with Gasteiger partial charge in [0, 0.05) is 6.20 Å². The van der Waals surface area contributed by atoms with E-state index in [4.69, 9.17) is 14.6 Å². The van der Waals surface area contributed by atoms with Crippen molar-refractivity contribution in [3.05, 3.63) is 47.2 Å². The summed E-state index contributed by atoms with van der Waals surface area (Å²) in [6, 6.07) is 6.24. The molecular formula is C20H22N2O8. The number of esters is 2. The van der Waals surface area contributed by atoms with Crippen LogP contribution in [0.25, 0.3) is 0 Å². The number of rotatable bonds is 9. The number of carboxylic acid groups (broad SMARTS) is 1. The molecule has 2 unspecified atom stereocenters. The fourth-order valence-corrected chi connectivity index (χ4v) is 2.60. The SMILES string of the molecule is CCC(C)OC(=O)C(=CNCC(=O)OC(C)N1C(=O)c2ccccc2C1=O)C(=O)O. The van der Waals surface area contributed by atoms with Gasteiger partial charge < -0.3 is 19.9 Å². The van der Waals surface area contributed by atoms with Crippen LogP contribution in [0.2, 0.25) is 0 Å². The van der Waals surface area contributed by atoms with Gasteiger partial charge in [-0.15, -0.1) is 0 Å². The van der Waals surface area contributed by atoms with Gasteiger partial charge in [0.15, 0.2) is 11.8 Å². The highest BCUT2D eigenvalue weighted by molar-refractivity contribution is 6.21. The molecule has 0 fully saturated rings. The molecule has 10 nitrogen and oxygen atoms in total. The number of ether oxygens (including phenoxy) is 2. The Kier molecular flexibility index (Phi) is 7.29. The van der Waals surface area contributed by atoms with Crippen LogP contribution in [0.15, 0.2) is 36.0 Å². The summed E-state index contributed by atoms with van der Waals surface area (Å²) in [5.74, 6) is -4.59. The Balaban J connectivity index is 1.95. The summed E-state index contributed by atoms with van der Waals surface area (Å²) in [4.78, 5) is 60.6.